The Labute approximate surface area is 190 Å². The molecule has 6 nitrogen and oxygen atoms in total. The van der Waals surface area contributed by atoms with E-state index in [9.17, 15) is 35.2 Å². The largest absolute Gasteiger partial charge is 0.379 e. The van der Waals surface area contributed by atoms with Crippen LogP contribution < -0.4 is 9.74 Å². The Hall–Kier alpha value is -2.99. The summed E-state index contributed by atoms with van der Waals surface area (Å²) in [4.78, 5) is 12.1. The van der Waals surface area contributed by atoms with Crippen molar-refractivity contribution >= 4 is 21.0 Å². The van der Waals surface area contributed by atoms with Gasteiger partial charge in [-0.1, -0.05) is 12.8 Å². The van der Waals surface area contributed by atoms with Gasteiger partial charge in [-0.3, -0.25) is 4.79 Å². The lowest BCUT2D eigenvalue weighted by molar-refractivity contribution is 0.0293. The molecule has 34 heavy (non-hydrogen) atoms. The molecule has 1 aromatic heterocycles. The van der Waals surface area contributed by atoms with Crippen LogP contribution in [-0.4, -0.2) is 26.2 Å². The maximum Gasteiger partial charge on any atom is 0.339 e. The Morgan fingerprint density at radius 1 is 0.882 bits per heavy atom. The molecule has 3 aromatic rings. The smallest absolute Gasteiger partial charge is 0.339 e. The van der Waals surface area contributed by atoms with Crippen molar-refractivity contribution in [1.29, 1.82) is 0 Å². The van der Waals surface area contributed by atoms with Crippen molar-refractivity contribution in [1.82, 2.24) is 4.57 Å². The third-order valence-corrected chi connectivity index (χ3v) is 7.07. The highest BCUT2D eigenvalue weighted by molar-refractivity contribution is 7.87. The van der Waals surface area contributed by atoms with Gasteiger partial charge in [0, 0.05) is 13.2 Å². The number of pyridine rings is 1. The second-order valence-corrected chi connectivity index (χ2v) is 9.37. The van der Waals surface area contributed by atoms with Crippen molar-refractivity contribution in [2.24, 2.45) is 0 Å². The molecule has 0 radical (unpaired) electrons. The van der Waals surface area contributed by atoms with E-state index in [1.165, 1.54) is 22.8 Å². The minimum atomic E-state index is -5.01. The van der Waals surface area contributed by atoms with Crippen LogP contribution in [0.2, 0.25) is 0 Å². The molecule has 1 saturated carbocycles. The van der Waals surface area contributed by atoms with Gasteiger partial charge in [0.25, 0.3) is 5.56 Å². The van der Waals surface area contributed by atoms with E-state index in [4.69, 9.17) is 4.74 Å². The summed E-state index contributed by atoms with van der Waals surface area (Å²) in [5, 5.41) is 0.280. The molecule has 0 amide bonds. The monoisotopic (exact) mass is 503 g/mol. The lowest BCUT2D eigenvalue weighted by Crippen LogP contribution is -2.35. The quantitative estimate of drug-likeness (QED) is 0.220. The fourth-order valence-electron chi connectivity index (χ4n) is 4.21. The first-order valence-electron chi connectivity index (χ1n) is 10.2. The normalized spacial score (nSPS) is 18.9. The van der Waals surface area contributed by atoms with Crippen LogP contribution in [0.15, 0.2) is 40.0 Å². The molecule has 1 heterocycles. The van der Waals surface area contributed by atoms with Gasteiger partial charge in [-0.25, -0.2) is 13.2 Å². The van der Waals surface area contributed by atoms with Crippen molar-refractivity contribution in [2.45, 2.75) is 42.7 Å². The molecule has 2 unspecified atom stereocenters. The van der Waals surface area contributed by atoms with Gasteiger partial charge in [-0.05, 0) is 42.5 Å². The van der Waals surface area contributed by atoms with Crippen LogP contribution in [-0.2, 0) is 14.9 Å². The van der Waals surface area contributed by atoms with Crippen molar-refractivity contribution in [3.05, 3.63) is 69.8 Å². The minimum Gasteiger partial charge on any atom is -0.379 e. The Morgan fingerprint density at radius 3 is 2.15 bits per heavy atom. The summed E-state index contributed by atoms with van der Waals surface area (Å²) in [7, 11) is -3.47. The number of fused-ring (bicyclic) bond motifs is 1. The third kappa shape index (κ3) is 4.05. The molecule has 1 fully saturated rings. The number of aromatic nitrogens is 1. The lowest BCUT2D eigenvalue weighted by atomic mass is 9.91. The van der Waals surface area contributed by atoms with Gasteiger partial charge < -0.3 is 13.5 Å². The zero-order valence-electron chi connectivity index (χ0n) is 17.7. The highest BCUT2D eigenvalue weighted by Crippen LogP contribution is 2.34. The van der Waals surface area contributed by atoms with Crippen LogP contribution in [0.4, 0.5) is 22.0 Å². The zero-order valence-corrected chi connectivity index (χ0v) is 18.5. The van der Waals surface area contributed by atoms with Gasteiger partial charge >= 0.3 is 10.1 Å². The Kier molecular flexibility index (Phi) is 6.38. The van der Waals surface area contributed by atoms with Crippen LogP contribution in [0, 0.1) is 29.1 Å². The molecular formula is C22H18F5NO5S. The first-order chi connectivity index (χ1) is 16.1. The molecule has 2 aromatic carbocycles. The Bertz CT molecular complexity index is 1410. The van der Waals surface area contributed by atoms with Crippen LogP contribution in [0.25, 0.3) is 10.9 Å². The average Bonchev–Trinajstić information content (AvgIpc) is 2.84. The summed E-state index contributed by atoms with van der Waals surface area (Å²) in [6, 6.07) is 5.72. The van der Waals surface area contributed by atoms with E-state index in [-0.39, 0.29) is 23.1 Å². The fourth-order valence-corrected chi connectivity index (χ4v) is 5.17. The van der Waals surface area contributed by atoms with Crippen LogP contribution in [0.1, 0.15) is 31.7 Å². The first kappa shape index (κ1) is 24.1. The molecule has 0 N–H and O–H groups in total. The number of benzene rings is 2. The number of methoxy groups -OCH3 is 1. The summed E-state index contributed by atoms with van der Waals surface area (Å²) >= 11 is 0. The van der Waals surface area contributed by atoms with Crippen LogP contribution >= 0.6 is 0 Å². The van der Waals surface area contributed by atoms with E-state index in [2.05, 4.69) is 4.18 Å². The predicted octanol–water partition coefficient (Wildman–Crippen LogP) is 4.59. The second-order valence-electron chi connectivity index (χ2n) is 7.82. The predicted molar refractivity (Wildman–Crippen MR) is 111 cm³/mol. The molecule has 1 aliphatic rings. The topological polar surface area (TPSA) is 74.6 Å². The Balaban J connectivity index is 1.78. The first-order valence-corrected chi connectivity index (χ1v) is 11.6. The van der Waals surface area contributed by atoms with Crippen molar-refractivity contribution < 1.29 is 39.3 Å². The maximum atomic E-state index is 13.9. The number of halogens is 5. The van der Waals surface area contributed by atoms with Gasteiger partial charge in [0.2, 0.25) is 34.8 Å². The molecule has 0 bridgehead atoms. The minimum absolute atomic E-state index is 0.224. The maximum absolute atomic E-state index is 13.9. The van der Waals surface area contributed by atoms with E-state index < -0.39 is 49.8 Å². The summed E-state index contributed by atoms with van der Waals surface area (Å²) in [6.45, 7) is 0. The molecule has 2 atom stereocenters. The third-order valence-electron chi connectivity index (χ3n) is 5.85. The van der Waals surface area contributed by atoms with Crippen molar-refractivity contribution in [2.75, 3.05) is 7.11 Å². The van der Waals surface area contributed by atoms with E-state index >= 15 is 0 Å². The lowest BCUT2D eigenvalue weighted by Gasteiger charge is -2.32. The van der Waals surface area contributed by atoms with Crippen LogP contribution in [0.3, 0.4) is 0 Å². The SMILES string of the molecule is COC1CCCCC1n1c(=O)ccc2cc(S(=O)(=O)Oc3c(F)c(F)c(F)c(F)c3F)ccc21. The summed E-state index contributed by atoms with van der Waals surface area (Å²) in [5.41, 5.74) is 0.0614. The highest BCUT2D eigenvalue weighted by atomic mass is 32.2. The average molecular weight is 503 g/mol. The standard InChI is InChI=1S/C22H18F5NO5S/c1-32-15-5-3-2-4-14(15)28-13-8-7-12(10-11(13)6-9-16(28)29)34(30,31)33-22-20(26)18(24)17(23)19(25)21(22)27/h6-10,14-15H,2-5H2,1H3. The molecular weight excluding hydrogens is 485 g/mol. The number of rotatable bonds is 5. The van der Waals surface area contributed by atoms with Gasteiger partial charge in [-0.15, -0.1) is 0 Å². The molecule has 0 spiro atoms. The molecule has 0 aliphatic heterocycles. The number of nitrogens with zero attached hydrogens (tertiary/aromatic N) is 1. The zero-order chi connectivity index (χ0) is 24.8. The van der Waals surface area contributed by atoms with Crippen molar-refractivity contribution in [3.63, 3.8) is 0 Å². The van der Waals surface area contributed by atoms with E-state index in [0.717, 1.165) is 31.4 Å². The van der Waals surface area contributed by atoms with E-state index in [0.29, 0.717) is 11.9 Å². The number of hydrogen-bond acceptors (Lipinski definition) is 5. The van der Waals surface area contributed by atoms with Crippen molar-refractivity contribution in [3.8, 4) is 5.75 Å². The summed E-state index contributed by atoms with van der Waals surface area (Å²) in [5.74, 6) is -13.9. The molecule has 12 heteroatoms. The van der Waals surface area contributed by atoms with Gasteiger partial charge in [0.15, 0.2) is 0 Å². The highest BCUT2D eigenvalue weighted by Gasteiger charge is 2.32. The summed E-state index contributed by atoms with van der Waals surface area (Å²) < 4.78 is 105. The van der Waals surface area contributed by atoms with Gasteiger partial charge in [0.1, 0.15) is 4.90 Å². The molecule has 4 rings (SSSR count). The Morgan fingerprint density at radius 2 is 1.50 bits per heavy atom. The van der Waals surface area contributed by atoms with Gasteiger partial charge in [0.05, 0.1) is 17.7 Å². The fraction of sp³-hybridized carbons (Fsp3) is 0.318. The molecule has 1 aliphatic carbocycles. The van der Waals surface area contributed by atoms with Gasteiger partial charge in [-0.2, -0.15) is 17.2 Å². The number of ether oxygens (including phenoxy) is 1. The second kappa shape index (κ2) is 8.99. The summed E-state index contributed by atoms with van der Waals surface area (Å²) in [6.07, 6.45) is 2.99. The molecule has 182 valence electrons. The molecule has 0 saturated heterocycles. The number of hydrogen-bond donors (Lipinski definition) is 0. The van der Waals surface area contributed by atoms with Crippen LogP contribution in [0.5, 0.6) is 5.75 Å². The van der Waals surface area contributed by atoms with E-state index in [1.807, 2.05) is 0 Å². The van der Waals surface area contributed by atoms with E-state index in [1.54, 1.807) is 7.11 Å².